The first-order valence-corrected chi connectivity index (χ1v) is 11.8. The van der Waals surface area contributed by atoms with Gasteiger partial charge in [-0.2, -0.15) is 0 Å². The normalized spacial score (nSPS) is 18.6. The first-order chi connectivity index (χ1) is 16.9. The fourth-order valence-electron chi connectivity index (χ4n) is 4.81. The van der Waals surface area contributed by atoms with Crippen LogP contribution in [-0.2, 0) is 19.1 Å². The molecule has 0 atom stereocenters. The number of alkyl carbamates (subject to hydrolysis) is 1. The molecule has 0 saturated heterocycles. The van der Waals surface area contributed by atoms with E-state index in [4.69, 9.17) is 9.84 Å². The third kappa shape index (κ3) is 5.98. The number of hydrogen-bond acceptors (Lipinski definition) is 5. The topological polar surface area (TPSA) is 134 Å². The van der Waals surface area contributed by atoms with Crippen molar-refractivity contribution in [3.05, 3.63) is 59.7 Å². The van der Waals surface area contributed by atoms with E-state index in [1.54, 1.807) is 0 Å². The predicted molar refractivity (Wildman–Crippen MR) is 128 cm³/mol. The molecule has 1 saturated carbocycles. The van der Waals surface area contributed by atoms with Crippen LogP contribution in [0.15, 0.2) is 48.5 Å². The summed E-state index contributed by atoms with van der Waals surface area (Å²) in [6.07, 6.45) is 1.54. The molecule has 0 aromatic heterocycles. The lowest BCUT2D eigenvalue weighted by Gasteiger charge is -2.26. The second kappa shape index (κ2) is 11.0. The molecule has 9 heteroatoms. The summed E-state index contributed by atoms with van der Waals surface area (Å²) in [6, 6.07) is 15.9. The van der Waals surface area contributed by atoms with Crippen LogP contribution in [0.4, 0.5) is 4.79 Å². The van der Waals surface area contributed by atoms with E-state index in [0.717, 1.165) is 22.3 Å². The summed E-state index contributed by atoms with van der Waals surface area (Å²) in [5, 5.41) is 16.7. The third-order valence-corrected chi connectivity index (χ3v) is 6.62. The summed E-state index contributed by atoms with van der Waals surface area (Å²) in [5.41, 5.74) is 4.46. The smallest absolute Gasteiger partial charge is 0.407 e. The van der Waals surface area contributed by atoms with Crippen molar-refractivity contribution in [1.82, 2.24) is 16.0 Å². The van der Waals surface area contributed by atoms with Gasteiger partial charge in [0.2, 0.25) is 11.8 Å². The number of aliphatic carboxylic acids is 1. The predicted octanol–water partition coefficient (Wildman–Crippen LogP) is 2.40. The van der Waals surface area contributed by atoms with Crippen molar-refractivity contribution in [3.8, 4) is 11.1 Å². The van der Waals surface area contributed by atoms with Crippen molar-refractivity contribution in [2.45, 2.75) is 37.6 Å². The highest BCUT2D eigenvalue weighted by Crippen LogP contribution is 2.44. The highest BCUT2D eigenvalue weighted by atomic mass is 16.5. The largest absolute Gasteiger partial charge is 0.481 e. The van der Waals surface area contributed by atoms with Crippen molar-refractivity contribution in [2.24, 2.45) is 5.92 Å². The zero-order valence-electron chi connectivity index (χ0n) is 19.3. The Morgan fingerprint density at radius 1 is 0.800 bits per heavy atom. The van der Waals surface area contributed by atoms with Crippen LogP contribution in [0.2, 0.25) is 0 Å². The van der Waals surface area contributed by atoms with E-state index in [0.29, 0.717) is 25.7 Å². The molecule has 4 N–H and O–H groups in total. The second-order valence-electron chi connectivity index (χ2n) is 8.91. The van der Waals surface area contributed by atoms with Crippen LogP contribution in [0.1, 0.15) is 42.7 Å². The molecular weight excluding hydrogens is 450 g/mol. The monoisotopic (exact) mass is 479 g/mol. The minimum absolute atomic E-state index is 0.0729. The Labute approximate surface area is 203 Å². The molecule has 3 amide bonds. The molecule has 0 spiro atoms. The summed E-state index contributed by atoms with van der Waals surface area (Å²) < 4.78 is 5.39. The number of hydrogen-bond donors (Lipinski definition) is 4. The maximum atomic E-state index is 12.2. The van der Waals surface area contributed by atoms with Crippen LogP contribution < -0.4 is 16.0 Å². The van der Waals surface area contributed by atoms with Crippen LogP contribution in [0.25, 0.3) is 11.1 Å². The van der Waals surface area contributed by atoms with Gasteiger partial charge in [-0.25, -0.2) is 4.79 Å². The number of carboxylic acids is 1. The minimum atomic E-state index is -0.800. The zero-order valence-corrected chi connectivity index (χ0v) is 19.3. The highest BCUT2D eigenvalue weighted by Gasteiger charge is 2.29. The van der Waals surface area contributed by atoms with Crippen LogP contribution in [0.3, 0.4) is 0 Å². The minimum Gasteiger partial charge on any atom is -0.481 e. The Morgan fingerprint density at radius 3 is 1.97 bits per heavy atom. The van der Waals surface area contributed by atoms with Crippen LogP contribution in [-0.4, -0.2) is 54.7 Å². The number of carbonyl (C=O) groups is 4. The number of amides is 3. The molecule has 4 rings (SSSR count). The van der Waals surface area contributed by atoms with E-state index in [1.165, 1.54) is 0 Å². The fourth-order valence-corrected chi connectivity index (χ4v) is 4.81. The summed E-state index contributed by atoms with van der Waals surface area (Å²) in [6.45, 7) is -0.383. The SMILES string of the molecule is O=C(CNC(=O)OCC1c2ccccc2-c2ccccc21)NCC(=O)NC1CCC(C(=O)O)CC1. The summed E-state index contributed by atoms with van der Waals surface area (Å²) >= 11 is 0. The number of rotatable bonds is 8. The average Bonchev–Trinajstić information content (AvgIpc) is 3.19. The van der Waals surface area contributed by atoms with Crippen molar-refractivity contribution in [2.75, 3.05) is 19.7 Å². The lowest BCUT2D eigenvalue weighted by Crippen LogP contribution is -2.45. The summed E-state index contributed by atoms with van der Waals surface area (Å²) in [4.78, 5) is 47.3. The number of fused-ring (bicyclic) bond motifs is 3. The average molecular weight is 480 g/mol. The molecule has 0 bridgehead atoms. The van der Waals surface area contributed by atoms with Crippen LogP contribution in [0, 0.1) is 5.92 Å². The van der Waals surface area contributed by atoms with Gasteiger partial charge in [0.05, 0.1) is 12.5 Å². The highest BCUT2D eigenvalue weighted by molar-refractivity contribution is 5.87. The maximum Gasteiger partial charge on any atom is 0.407 e. The van der Waals surface area contributed by atoms with E-state index < -0.39 is 18.0 Å². The first kappa shape index (κ1) is 24.3. The van der Waals surface area contributed by atoms with E-state index in [-0.39, 0.29) is 43.5 Å². The summed E-state index contributed by atoms with van der Waals surface area (Å²) in [7, 11) is 0. The number of carboxylic acid groups (broad SMARTS) is 1. The van der Waals surface area contributed by atoms with E-state index in [2.05, 4.69) is 28.1 Å². The van der Waals surface area contributed by atoms with Gasteiger partial charge in [-0.3, -0.25) is 14.4 Å². The lowest BCUT2D eigenvalue weighted by molar-refractivity contribution is -0.142. The number of carbonyl (C=O) groups excluding carboxylic acids is 3. The van der Waals surface area contributed by atoms with Crippen molar-refractivity contribution >= 4 is 23.9 Å². The molecule has 9 nitrogen and oxygen atoms in total. The van der Waals surface area contributed by atoms with Gasteiger partial charge in [-0.1, -0.05) is 48.5 Å². The van der Waals surface area contributed by atoms with Gasteiger partial charge in [0, 0.05) is 12.0 Å². The summed E-state index contributed by atoms with van der Waals surface area (Å²) in [5.74, 6) is -2.09. The van der Waals surface area contributed by atoms with E-state index in [9.17, 15) is 19.2 Å². The molecular formula is C26H29N3O6. The van der Waals surface area contributed by atoms with Crippen molar-refractivity contribution < 1.29 is 29.0 Å². The van der Waals surface area contributed by atoms with Crippen LogP contribution in [0.5, 0.6) is 0 Å². The Kier molecular flexibility index (Phi) is 7.64. The van der Waals surface area contributed by atoms with Crippen LogP contribution >= 0.6 is 0 Å². The lowest BCUT2D eigenvalue weighted by atomic mass is 9.86. The van der Waals surface area contributed by atoms with Gasteiger partial charge >= 0.3 is 12.1 Å². The first-order valence-electron chi connectivity index (χ1n) is 11.8. The van der Waals surface area contributed by atoms with Gasteiger partial charge in [0.25, 0.3) is 0 Å². The van der Waals surface area contributed by atoms with E-state index >= 15 is 0 Å². The maximum absolute atomic E-state index is 12.2. The standard InChI is InChI=1S/C26H29N3O6/c30-23(27-14-24(31)29-17-11-9-16(10-12-17)25(32)33)13-28-26(34)35-15-22-20-7-3-1-5-18(20)19-6-2-4-8-21(19)22/h1-8,16-17,22H,9-15H2,(H,27,30)(H,28,34)(H,29,31)(H,32,33). The third-order valence-electron chi connectivity index (χ3n) is 6.62. The molecule has 184 valence electrons. The van der Waals surface area contributed by atoms with Crippen molar-refractivity contribution in [1.29, 1.82) is 0 Å². The molecule has 0 heterocycles. The quantitative estimate of drug-likeness (QED) is 0.459. The van der Waals surface area contributed by atoms with Gasteiger partial charge in [0.15, 0.2) is 0 Å². The molecule has 2 aromatic rings. The number of ether oxygens (including phenoxy) is 1. The van der Waals surface area contributed by atoms with Gasteiger partial charge in [0.1, 0.15) is 13.2 Å². The van der Waals surface area contributed by atoms with Gasteiger partial charge in [-0.15, -0.1) is 0 Å². The molecule has 2 aliphatic rings. The van der Waals surface area contributed by atoms with E-state index in [1.807, 2.05) is 36.4 Å². The molecule has 35 heavy (non-hydrogen) atoms. The molecule has 2 aromatic carbocycles. The zero-order chi connectivity index (χ0) is 24.8. The Morgan fingerprint density at radius 2 is 1.37 bits per heavy atom. The molecule has 2 aliphatic carbocycles. The fraction of sp³-hybridized carbons (Fsp3) is 0.385. The molecule has 1 fully saturated rings. The molecule has 0 radical (unpaired) electrons. The molecule has 0 aliphatic heterocycles. The Bertz CT molecular complexity index is 1060. The Hall–Kier alpha value is -3.88. The second-order valence-corrected chi connectivity index (χ2v) is 8.91. The van der Waals surface area contributed by atoms with Gasteiger partial charge < -0.3 is 25.8 Å². The number of nitrogens with one attached hydrogen (secondary N) is 3. The van der Waals surface area contributed by atoms with Crippen molar-refractivity contribution in [3.63, 3.8) is 0 Å². The number of benzene rings is 2. The Balaban J connectivity index is 1.16. The van der Waals surface area contributed by atoms with Gasteiger partial charge in [-0.05, 0) is 47.9 Å². The molecule has 0 unspecified atom stereocenters.